The maximum absolute atomic E-state index is 12.9. The van der Waals surface area contributed by atoms with Crippen molar-refractivity contribution in [2.75, 3.05) is 19.7 Å². The van der Waals surface area contributed by atoms with E-state index < -0.39 is 15.9 Å². The highest BCUT2D eigenvalue weighted by molar-refractivity contribution is 7.89. The summed E-state index contributed by atoms with van der Waals surface area (Å²) in [6, 6.07) is 3.26. The summed E-state index contributed by atoms with van der Waals surface area (Å²) in [7, 11) is -3.65. The number of hydrogen-bond acceptors (Lipinski definition) is 4. The van der Waals surface area contributed by atoms with Crippen molar-refractivity contribution in [3.63, 3.8) is 0 Å². The Morgan fingerprint density at radius 3 is 2.70 bits per heavy atom. The molecule has 1 aromatic rings. The average Bonchev–Trinajstić information content (AvgIpc) is 2.51. The van der Waals surface area contributed by atoms with Crippen molar-refractivity contribution >= 4 is 27.6 Å². The lowest BCUT2D eigenvalue weighted by Gasteiger charge is -2.31. The summed E-state index contributed by atoms with van der Waals surface area (Å²) in [4.78, 5) is 12.2. The maximum Gasteiger partial charge on any atom is 0.310 e. The molecule has 23 heavy (non-hydrogen) atoms. The molecule has 0 amide bonds. The van der Waals surface area contributed by atoms with Gasteiger partial charge in [-0.3, -0.25) is 4.79 Å². The third kappa shape index (κ3) is 3.87. The van der Waals surface area contributed by atoms with Crippen LogP contribution in [0.2, 0.25) is 5.02 Å². The molecule has 1 aliphatic rings. The Hall–Kier alpha value is -1.11. The second kappa shape index (κ2) is 7.20. The second-order valence-corrected chi connectivity index (χ2v) is 8.13. The van der Waals surface area contributed by atoms with Gasteiger partial charge in [-0.1, -0.05) is 11.6 Å². The normalized spacial score (nSPS) is 19.6. The molecule has 0 N–H and O–H groups in total. The van der Waals surface area contributed by atoms with Gasteiger partial charge >= 0.3 is 5.97 Å². The lowest BCUT2D eigenvalue weighted by atomic mass is 10.0. The van der Waals surface area contributed by atoms with Crippen LogP contribution in [0.15, 0.2) is 17.0 Å². The molecule has 1 heterocycles. The molecule has 128 valence electrons. The molecule has 0 radical (unpaired) electrons. The highest BCUT2D eigenvalue weighted by Gasteiger charge is 2.34. The number of sulfonamides is 1. The van der Waals surface area contributed by atoms with Gasteiger partial charge in [0.1, 0.15) is 0 Å². The molecule has 1 saturated heterocycles. The van der Waals surface area contributed by atoms with E-state index in [1.165, 1.54) is 4.31 Å². The predicted octanol–water partition coefficient (Wildman–Crippen LogP) is 2.92. The lowest BCUT2D eigenvalue weighted by molar-refractivity contribution is -0.149. The van der Waals surface area contributed by atoms with Gasteiger partial charge in [0.05, 0.1) is 17.4 Å². The highest BCUT2D eigenvalue weighted by Crippen LogP contribution is 2.29. The Morgan fingerprint density at radius 2 is 2.04 bits per heavy atom. The zero-order chi connectivity index (χ0) is 17.2. The van der Waals surface area contributed by atoms with Crippen LogP contribution in [0.3, 0.4) is 0 Å². The molecule has 2 rings (SSSR count). The summed E-state index contributed by atoms with van der Waals surface area (Å²) in [5, 5.41) is 0.546. The van der Waals surface area contributed by atoms with Crippen LogP contribution in [-0.4, -0.2) is 38.4 Å². The summed E-state index contributed by atoms with van der Waals surface area (Å²) in [5.41, 5.74) is 1.33. The van der Waals surface area contributed by atoms with Gasteiger partial charge in [-0.25, -0.2) is 8.42 Å². The van der Waals surface area contributed by atoms with Crippen molar-refractivity contribution in [3.05, 3.63) is 28.3 Å². The van der Waals surface area contributed by atoms with Crippen molar-refractivity contribution in [2.24, 2.45) is 5.92 Å². The number of ether oxygens (including phenoxy) is 1. The largest absolute Gasteiger partial charge is 0.466 e. The number of carbonyl (C=O) groups is 1. The number of carbonyl (C=O) groups excluding carboxylic acids is 1. The van der Waals surface area contributed by atoms with Gasteiger partial charge < -0.3 is 4.74 Å². The molecule has 5 nitrogen and oxygen atoms in total. The van der Waals surface area contributed by atoms with Crippen LogP contribution in [0.1, 0.15) is 30.9 Å². The third-order valence-corrected chi connectivity index (χ3v) is 6.49. The van der Waals surface area contributed by atoms with Gasteiger partial charge in [-0.15, -0.1) is 0 Å². The zero-order valence-electron chi connectivity index (χ0n) is 13.6. The van der Waals surface area contributed by atoms with Crippen LogP contribution in [0.5, 0.6) is 0 Å². The molecule has 1 aliphatic heterocycles. The van der Waals surface area contributed by atoms with Gasteiger partial charge in [0.2, 0.25) is 10.0 Å². The number of aryl methyl sites for hydroxylation is 2. The summed E-state index contributed by atoms with van der Waals surface area (Å²) >= 11 is 6.05. The van der Waals surface area contributed by atoms with Gasteiger partial charge in [0.15, 0.2) is 0 Å². The number of halogens is 1. The number of hydrogen-bond donors (Lipinski definition) is 0. The van der Waals surface area contributed by atoms with Crippen LogP contribution in [-0.2, 0) is 19.6 Å². The average molecular weight is 360 g/mol. The monoisotopic (exact) mass is 359 g/mol. The minimum absolute atomic E-state index is 0.169. The van der Waals surface area contributed by atoms with E-state index in [1.54, 1.807) is 32.9 Å². The van der Waals surface area contributed by atoms with Crippen LogP contribution in [0, 0.1) is 19.8 Å². The Labute approximate surface area is 142 Å². The molecule has 1 atom stereocenters. The topological polar surface area (TPSA) is 63.7 Å². The van der Waals surface area contributed by atoms with E-state index in [-0.39, 0.29) is 17.4 Å². The second-order valence-electron chi connectivity index (χ2n) is 5.82. The summed E-state index contributed by atoms with van der Waals surface area (Å²) in [5.74, 6) is -0.719. The molecular formula is C16H22ClNO4S. The van der Waals surface area contributed by atoms with E-state index in [1.807, 2.05) is 0 Å². The quantitative estimate of drug-likeness (QED) is 0.775. The minimum Gasteiger partial charge on any atom is -0.466 e. The van der Waals surface area contributed by atoms with Crippen molar-refractivity contribution < 1.29 is 17.9 Å². The molecule has 7 heteroatoms. The molecular weight excluding hydrogens is 338 g/mol. The first kappa shape index (κ1) is 18.2. The van der Waals surface area contributed by atoms with Crippen molar-refractivity contribution in [1.82, 2.24) is 4.31 Å². The molecule has 1 aromatic carbocycles. The molecule has 0 aliphatic carbocycles. The smallest absolute Gasteiger partial charge is 0.310 e. The van der Waals surface area contributed by atoms with E-state index in [4.69, 9.17) is 16.3 Å². The highest BCUT2D eigenvalue weighted by atomic mass is 35.5. The van der Waals surface area contributed by atoms with E-state index in [2.05, 4.69) is 0 Å². The minimum atomic E-state index is -3.65. The Balaban J connectivity index is 2.29. The van der Waals surface area contributed by atoms with Gasteiger partial charge in [0, 0.05) is 18.1 Å². The summed E-state index contributed by atoms with van der Waals surface area (Å²) < 4.78 is 32.3. The van der Waals surface area contributed by atoms with E-state index in [0.717, 1.165) is 5.56 Å². The first-order valence-corrected chi connectivity index (χ1v) is 9.52. The van der Waals surface area contributed by atoms with Crippen LogP contribution < -0.4 is 0 Å². The van der Waals surface area contributed by atoms with Crippen molar-refractivity contribution in [3.8, 4) is 0 Å². The molecule has 1 unspecified atom stereocenters. The number of benzene rings is 1. The first-order chi connectivity index (χ1) is 10.8. The van der Waals surface area contributed by atoms with Gasteiger partial charge in [0.25, 0.3) is 0 Å². The number of esters is 1. The number of rotatable bonds is 4. The first-order valence-electron chi connectivity index (χ1n) is 7.71. The van der Waals surface area contributed by atoms with Crippen LogP contribution in [0.4, 0.5) is 0 Å². The molecule has 0 bridgehead atoms. The lowest BCUT2D eigenvalue weighted by Crippen LogP contribution is -2.42. The van der Waals surface area contributed by atoms with Crippen LogP contribution >= 0.6 is 11.6 Å². The fourth-order valence-corrected chi connectivity index (χ4v) is 4.82. The Bertz CT molecular complexity index is 702. The molecule has 1 fully saturated rings. The summed E-state index contributed by atoms with van der Waals surface area (Å²) in [6.45, 7) is 6.14. The maximum atomic E-state index is 12.9. The van der Waals surface area contributed by atoms with Gasteiger partial charge in [-0.2, -0.15) is 4.31 Å². The van der Waals surface area contributed by atoms with Crippen molar-refractivity contribution in [1.29, 1.82) is 0 Å². The standard InChI is InChI=1S/C16H22ClNO4S/c1-4-22-16(19)13-6-5-7-18(10-13)23(20,21)15-9-11(2)14(17)8-12(15)3/h8-9,13H,4-7,10H2,1-3H3. The molecule has 0 saturated carbocycles. The number of piperidine rings is 1. The van der Waals surface area contributed by atoms with Crippen molar-refractivity contribution in [2.45, 2.75) is 38.5 Å². The predicted molar refractivity (Wildman–Crippen MR) is 89.0 cm³/mol. The van der Waals surface area contributed by atoms with E-state index >= 15 is 0 Å². The third-order valence-electron chi connectivity index (χ3n) is 4.08. The van der Waals surface area contributed by atoms with Crippen LogP contribution in [0.25, 0.3) is 0 Å². The Morgan fingerprint density at radius 1 is 1.35 bits per heavy atom. The fourth-order valence-electron chi connectivity index (χ4n) is 2.78. The zero-order valence-corrected chi connectivity index (χ0v) is 15.2. The summed E-state index contributed by atoms with van der Waals surface area (Å²) in [6.07, 6.45) is 1.30. The Kier molecular flexibility index (Phi) is 5.70. The fraction of sp³-hybridized carbons (Fsp3) is 0.562. The molecule has 0 aromatic heterocycles. The van der Waals surface area contributed by atoms with E-state index in [0.29, 0.717) is 36.6 Å². The SMILES string of the molecule is CCOC(=O)C1CCCN(S(=O)(=O)c2cc(C)c(Cl)cc2C)C1. The number of nitrogens with zero attached hydrogens (tertiary/aromatic N) is 1. The molecule has 0 spiro atoms. The van der Waals surface area contributed by atoms with E-state index in [9.17, 15) is 13.2 Å². The van der Waals surface area contributed by atoms with Gasteiger partial charge in [-0.05, 0) is 56.9 Å².